The van der Waals surface area contributed by atoms with Gasteiger partial charge in [-0.3, -0.25) is 9.59 Å². The number of ether oxygens (including phenoxy) is 2. The zero-order valence-corrected chi connectivity index (χ0v) is 15.3. The Labute approximate surface area is 152 Å². The third-order valence-electron chi connectivity index (χ3n) is 4.10. The van der Waals surface area contributed by atoms with E-state index in [1.54, 1.807) is 20.8 Å². The first-order valence-corrected chi connectivity index (χ1v) is 8.58. The zero-order valence-electron chi connectivity index (χ0n) is 15.3. The molecule has 1 saturated heterocycles. The van der Waals surface area contributed by atoms with Gasteiger partial charge in [-0.1, -0.05) is 30.3 Å². The van der Waals surface area contributed by atoms with Crippen LogP contribution in [0.5, 0.6) is 0 Å². The first-order chi connectivity index (χ1) is 12.2. The number of hydrogen-bond acceptors (Lipinski definition) is 5. The van der Waals surface area contributed by atoms with Crippen molar-refractivity contribution >= 4 is 18.0 Å². The van der Waals surface area contributed by atoms with E-state index >= 15 is 0 Å². The van der Waals surface area contributed by atoms with E-state index in [4.69, 9.17) is 9.47 Å². The molecule has 2 unspecified atom stereocenters. The molecule has 0 aromatic heterocycles. The maximum absolute atomic E-state index is 12.3. The Hall–Kier alpha value is -2.57. The van der Waals surface area contributed by atoms with Crippen molar-refractivity contribution in [1.29, 1.82) is 0 Å². The lowest BCUT2D eigenvalue weighted by atomic mass is 9.85. The summed E-state index contributed by atoms with van der Waals surface area (Å²) < 4.78 is 10.6. The quantitative estimate of drug-likeness (QED) is 0.827. The van der Waals surface area contributed by atoms with Crippen LogP contribution in [0.1, 0.15) is 32.8 Å². The van der Waals surface area contributed by atoms with Gasteiger partial charge in [0.2, 0.25) is 0 Å². The summed E-state index contributed by atoms with van der Waals surface area (Å²) in [6.45, 7) is 5.49. The number of carbonyl (C=O) groups excluding carboxylic acids is 2. The number of benzene rings is 1. The van der Waals surface area contributed by atoms with Gasteiger partial charge in [0.25, 0.3) is 0 Å². The van der Waals surface area contributed by atoms with E-state index in [1.165, 1.54) is 4.90 Å². The molecule has 2 rings (SSSR count). The van der Waals surface area contributed by atoms with Crippen LogP contribution in [0.15, 0.2) is 30.3 Å². The molecule has 0 radical (unpaired) electrons. The molecule has 1 fully saturated rings. The Kier molecular flexibility index (Phi) is 6.23. The molecule has 7 heteroatoms. The van der Waals surface area contributed by atoms with Gasteiger partial charge in [0.05, 0.1) is 11.8 Å². The second kappa shape index (κ2) is 8.21. The van der Waals surface area contributed by atoms with E-state index in [0.717, 1.165) is 5.56 Å². The van der Waals surface area contributed by atoms with Crippen LogP contribution in [0.25, 0.3) is 0 Å². The lowest BCUT2D eigenvalue weighted by molar-refractivity contribution is -0.169. The van der Waals surface area contributed by atoms with Gasteiger partial charge in [0, 0.05) is 13.1 Å². The minimum absolute atomic E-state index is 0.0765. The number of rotatable bonds is 4. The van der Waals surface area contributed by atoms with Gasteiger partial charge < -0.3 is 19.5 Å². The third kappa shape index (κ3) is 5.47. The van der Waals surface area contributed by atoms with Gasteiger partial charge in [-0.05, 0) is 32.8 Å². The van der Waals surface area contributed by atoms with E-state index < -0.39 is 35.5 Å². The number of carbonyl (C=O) groups is 3. The molecule has 2 atom stereocenters. The van der Waals surface area contributed by atoms with Crippen molar-refractivity contribution in [3.63, 3.8) is 0 Å². The van der Waals surface area contributed by atoms with Gasteiger partial charge in [0.1, 0.15) is 12.2 Å². The molecular formula is C19H25NO6. The largest absolute Gasteiger partial charge is 0.481 e. The van der Waals surface area contributed by atoms with Crippen molar-refractivity contribution in [1.82, 2.24) is 4.90 Å². The number of esters is 1. The van der Waals surface area contributed by atoms with Gasteiger partial charge >= 0.3 is 18.0 Å². The smallest absolute Gasteiger partial charge is 0.410 e. The van der Waals surface area contributed by atoms with E-state index in [1.807, 2.05) is 30.3 Å². The minimum atomic E-state index is -1.12. The van der Waals surface area contributed by atoms with E-state index in [0.29, 0.717) is 0 Å². The molecule has 1 aliphatic heterocycles. The summed E-state index contributed by atoms with van der Waals surface area (Å²) in [5.74, 6) is -3.45. The number of likely N-dealkylation sites (tertiary alicyclic amines) is 1. The molecule has 1 aliphatic rings. The van der Waals surface area contributed by atoms with E-state index in [-0.39, 0.29) is 26.1 Å². The molecule has 1 aromatic carbocycles. The molecule has 7 nitrogen and oxygen atoms in total. The molecular weight excluding hydrogens is 338 g/mol. The molecule has 1 amide bonds. The van der Waals surface area contributed by atoms with Crippen LogP contribution in [0.4, 0.5) is 4.79 Å². The molecule has 0 aliphatic carbocycles. The summed E-state index contributed by atoms with van der Waals surface area (Å²) in [4.78, 5) is 37.5. The Morgan fingerprint density at radius 2 is 1.81 bits per heavy atom. The number of hydrogen-bond donors (Lipinski definition) is 1. The SMILES string of the molecule is CC(C)(C)OC(=O)C1CCN(C(=O)OCc2ccccc2)CC1C(=O)O. The van der Waals surface area contributed by atoms with Gasteiger partial charge in [0.15, 0.2) is 0 Å². The van der Waals surface area contributed by atoms with E-state index in [9.17, 15) is 19.5 Å². The number of aliphatic carboxylic acids is 1. The lowest BCUT2D eigenvalue weighted by Gasteiger charge is -2.35. The van der Waals surface area contributed by atoms with Crippen molar-refractivity contribution < 1.29 is 29.0 Å². The van der Waals surface area contributed by atoms with Crippen LogP contribution >= 0.6 is 0 Å². The summed E-state index contributed by atoms with van der Waals surface area (Å²) in [7, 11) is 0. The molecule has 0 saturated carbocycles. The van der Waals surface area contributed by atoms with Crippen LogP contribution < -0.4 is 0 Å². The monoisotopic (exact) mass is 363 g/mol. The highest BCUT2D eigenvalue weighted by Crippen LogP contribution is 2.27. The fourth-order valence-electron chi connectivity index (χ4n) is 2.84. The molecule has 1 aromatic rings. The van der Waals surface area contributed by atoms with E-state index in [2.05, 4.69) is 0 Å². The van der Waals surface area contributed by atoms with Crippen molar-refractivity contribution in [2.75, 3.05) is 13.1 Å². The number of carboxylic acid groups (broad SMARTS) is 1. The summed E-state index contributed by atoms with van der Waals surface area (Å²) in [5.41, 5.74) is 0.158. The molecule has 142 valence electrons. The highest BCUT2D eigenvalue weighted by atomic mass is 16.6. The van der Waals surface area contributed by atoms with Crippen LogP contribution in [-0.2, 0) is 25.7 Å². The molecule has 0 bridgehead atoms. The van der Waals surface area contributed by atoms with Gasteiger partial charge in [-0.2, -0.15) is 0 Å². The Bertz CT molecular complexity index is 652. The fourth-order valence-corrected chi connectivity index (χ4v) is 2.84. The average molecular weight is 363 g/mol. The molecule has 26 heavy (non-hydrogen) atoms. The summed E-state index contributed by atoms with van der Waals surface area (Å²) in [5, 5.41) is 9.48. The number of nitrogens with zero attached hydrogens (tertiary/aromatic N) is 1. The van der Waals surface area contributed by atoms with Crippen LogP contribution in [0, 0.1) is 11.8 Å². The fraction of sp³-hybridized carbons (Fsp3) is 0.526. The normalized spacial score (nSPS) is 20.3. The van der Waals surface area contributed by atoms with Gasteiger partial charge in [-0.25, -0.2) is 4.79 Å². The average Bonchev–Trinajstić information content (AvgIpc) is 2.58. The van der Waals surface area contributed by atoms with Crippen molar-refractivity contribution in [2.45, 2.75) is 39.4 Å². The second-order valence-electron chi connectivity index (χ2n) is 7.36. The minimum Gasteiger partial charge on any atom is -0.481 e. The standard InChI is InChI=1S/C19H25NO6/c1-19(2,3)26-17(23)14-9-10-20(11-15(14)16(21)22)18(24)25-12-13-7-5-4-6-8-13/h4-8,14-15H,9-12H2,1-3H3,(H,21,22). The first kappa shape index (κ1) is 19.8. The van der Waals surface area contributed by atoms with Crippen LogP contribution in [0.3, 0.4) is 0 Å². The summed E-state index contributed by atoms with van der Waals surface area (Å²) in [6, 6.07) is 9.22. The first-order valence-electron chi connectivity index (χ1n) is 8.58. The van der Waals surface area contributed by atoms with Gasteiger partial charge in [-0.15, -0.1) is 0 Å². The Balaban J connectivity index is 1.96. The molecule has 1 heterocycles. The number of piperidine rings is 1. The van der Waals surface area contributed by atoms with Crippen molar-refractivity contribution in [3.05, 3.63) is 35.9 Å². The molecule has 0 spiro atoms. The number of carboxylic acids is 1. The van der Waals surface area contributed by atoms with Crippen LogP contribution in [-0.4, -0.2) is 46.7 Å². The topological polar surface area (TPSA) is 93.1 Å². The highest BCUT2D eigenvalue weighted by Gasteiger charge is 2.42. The molecule has 1 N–H and O–H groups in total. The number of amides is 1. The summed E-state index contributed by atoms with van der Waals surface area (Å²) >= 11 is 0. The Morgan fingerprint density at radius 3 is 2.38 bits per heavy atom. The maximum Gasteiger partial charge on any atom is 0.410 e. The highest BCUT2D eigenvalue weighted by molar-refractivity contribution is 5.82. The predicted molar refractivity (Wildman–Crippen MR) is 93.3 cm³/mol. The second-order valence-corrected chi connectivity index (χ2v) is 7.36. The van der Waals surface area contributed by atoms with Crippen LogP contribution in [0.2, 0.25) is 0 Å². The predicted octanol–water partition coefficient (Wildman–Crippen LogP) is 2.69. The summed E-state index contributed by atoms with van der Waals surface area (Å²) in [6.07, 6.45) is -0.352. The Morgan fingerprint density at radius 1 is 1.15 bits per heavy atom. The zero-order chi connectivity index (χ0) is 19.3. The maximum atomic E-state index is 12.3. The lowest BCUT2D eigenvalue weighted by Crippen LogP contribution is -2.49. The van der Waals surface area contributed by atoms with Crippen molar-refractivity contribution in [3.8, 4) is 0 Å². The van der Waals surface area contributed by atoms with Crippen molar-refractivity contribution in [2.24, 2.45) is 11.8 Å². The third-order valence-corrected chi connectivity index (χ3v) is 4.10.